The maximum atomic E-state index is 13.5. The highest BCUT2D eigenvalue weighted by Crippen LogP contribution is 2.40. The summed E-state index contributed by atoms with van der Waals surface area (Å²) in [4.78, 5) is 28.4. The van der Waals surface area contributed by atoms with Gasteiger partial charge in [-0.25, -0.2) is 17.5 Å². The van der Waals surface area contributed by atoms with Crippen molar-refractivity contribution in [1.82, 2.24) is 14.1 Å². The number of nitrogens with zero attached hydrogens (tertiary/aromatic N) is 4. The fourth-order valence-electron chi connectivity index (χ4n) is 7.20. The van der Waals surface area contributed by atoms with Gasteiger partial charge in [0.15, 0.2) is 0 Å². The number of likely N-dealkylation sites (N-methyl/N-ethyl adjacent to an activating group) is 1. The number of rotatable bonds is 14. The molecular weight excluding hydrogens is 616 g/mol. The lowest BCUT2D eigenvalue weighted by molar-refractivity contribution is -0.384. The van der Waals surface area contributed by atoms with Crippen molar-refractivity contribution in [3.8, 4) is 0 Å². The molecule has 0 N–H and O–H groups in total. The first-order valence-corrected chi connectivity index (χ1v) is 17.6. The van der Waals surface area contributed by atoms with Crippen molar-refractivity contribution in [2.75, 3.05) is 26.7 Å². The highest BCUT2D eigenvalue weighted by atomic mass is 32.2. The van der Waals surface area contributed by atoms with E-state index in [2.05, 4.69) is 30.5 Å². The molecule has 2 aliphatic rings. The molecule has 2 aliphatic heterocycles. The van der Waals surface area contributed by atoms with E-state index >= 15 is 0 Å². The molecule has 47 heavy (non-hydrogen) atoms. The van der Waals surface area contributed by atoms with Crippen molar-refractivity contribution in [2.24, 2.45) is 0 Å². The van der Waals surface area contributed by atoms with Crippen LogP contribution < -0.4 is 0 Å². The molecule has 1 amide bonds. The largest absolute Gasteiger partial charge is 0.445 e. The molecular formula is C36H44N4O6S. The molecule has 3 atom stereocenters. The number of nitro benzene ring substituents is 1. The zero-order valence-corrected chi connectivity index (χ0v) is 27.9. The summed E-state index contributed by atoms with van der Waals surface area (Å²) in [5.74, 6) is 0. The van der Waals surface area contributed by atoms with E-state index in [0.29, 0.717) is 30.7 Å². The number of nitro groups is 1. The Morgan fingerprint density at radius 3 is 2.19 bits per heavy atom. The second-order valence-electron chi connectivity index (χ2n) is 12.9. The van der Waals surface area contributed by atoms with E-state index in [1.807, 2.05) is 24.3 Å². The average molecular weight is 661 g/mol. The van der Waals surface area contributed by atoms with Crippen molar-refractivity contribution in [1.29, 1.82) is 0 Å². The monoisotopic (exact) mass is 660 g/mol. The van der Waals surface area contributed by atoms with Gasteiger partial charge in [0.2, 0.25) is 10.0 Å². The van der Waals surface area contributed by atoms with Crippen LogP contribution in [0.5, 0.6) is 0 Å². The zero-order chi connectivity index (χ0) is 33.6. The summed E-state index contributed by atoms with van der Waals surface area (Å²) in [7, 11) is -2.00. The Labute approximate surface area is 277 Å². The van der Waals surface area contributed by atoms with Crippen LogP contribution in [0.4, 0.5) is 10.5 Å². The van der Waals surface area contributed by atoms with Crippen molar-refractivity contribution in [3.05, 3.63) is 119 Å². The third-order valence-corrected chi connectivity index (χ3v) is 11.6. The topological polar surface area (TPSA) is 113 Å². The Kier molecular flexibility index (Phi) is 10.8. The number of amides is 1. The van der Waals surface area contributed by atoms with E-state index in [0.717, 1.165) is 44.2 Å². The van der Waals surface area contributed by atoms with Gasteiger partial charge in [0.05, 0.1) is 9.82 Å². The fourth-order valence-corrected chi connectivity index (χ4v) is 8.51. The quantitative estimate of drug-likeness (QED) is 0.112. The summed E-state index contributed by atoms with van der Waals surface area (Å²) >= 11 is 0. The molecule has 3 aromatic carbocycles. The van der Waals surface area contributed by atoms with Gasteiger partial charge in [-0.1, -0.05) is 61.5 Å². The molecule has 2 saturated heterocycles. The summed E-state index contributed by atoms with van der Waals surface area (Å²) in [6.07, 6.45) is 5.81. The van der Waals surface area contributed by atoms with Crippen LogP contribution in [-0.2, 0) is 26.8 Å². The summed E-state index contributed by atoms with van der Waals surface area (Å²) in [6, 6.07) is 25.3. The van der Waals surface area contributed by atoms with E-state index in [-0.39, 0.29) is 23.2 Å². The van der Waals surface area contributed by atoms with Crippen LogP contribution in [0.15, 0.2) is 102 Å². The zero-order valence-electron chi connectivity index (χ0n) is 27.1. The molecule has 2 fully saturated rings. The molecule has 0 saturated carbocycles. The molecule has 2 bridgehead atoms. The third kappa shape index (κ3) is 7.91. The lowest BCUT2D eigenvalue weighted by Crippen LogP contribution is -2.53. The molecule has 2 heterocycles. The Hall–Kier alpha value is -4.06. The first-order valence-electron chi connectivity index (χ1n) is 16.1. The number of piperidine rings is 1. The summed E-state index contributed by atoms with van der Waals surface area (Å²) in [6.45, 7) is 7.58. The van der Waals surface area contributed by atoms with Crippen LogP contribution in [0.3, 0.4) is 0 Å². The van der Waals surface area contributed by atoms with E-state index in [4.69, 9.17) is 4.74 Å². The molecule has 2 unspecified atom stereocenters. The van der Waals surface area contributed by atoms with Crippen LogP contribution in [-0.4, -0.2) is 78.3 Å². The predicted molar refractivity (Wildman–Crippen MR) is 181 cm³/mol. The maximum Gasteiger partial charge on any atom is 0.410 e. The van der Waals surface area contributed by atoms with Gasteiger partial charge in [-0.15, -0.1) is 6.58 Å². The minimum atomic E-state index is -3.66. The molecule has 10 nitrogen and oxygen atoms in total. The molecule has 0 aliphatic carbocycles. The second-order valence-corrected chi connectivity index (χ2v) is 15.0. The van der Waals surface area contributed by atoms with Crippen molar-refractivity contribution in [2.45, 2.75) is 74.1 Å². The molecule has 0 spiro atoms. The first-order chi connectivity index (χ1) is 22.5. The summed E-state index contributed by atoms with van der Waals surface area (Å²) in [5, 5.41) is 11.0. The third-order valence-electron chi connectivity index (χ3n) is 9.79. The number of carbonyl (C=O) groups is 1. The van der Waals surface area contributed by atoms with Gasteiger partial charge in [-0.3, -0.25) is 15.0 Å². The number of ether oxygens (including phenoxy) is 1. The highest BCUT2D eigenvalue weighted by molar-refractivity contribution is 7.89. The van der Waals surface area contributed by atoms with Crippen molar-refractivity contribution >= 4 is 21.8 Å². The van der Waals surface area contributed by atoms with Crippen LogP contribution in [0.1, 0.15) is 50.2 Å². The molecule has 11 heteroatoms. The number of benzene rings is 3. The number of hydrogen-bond donors (Lipinski definition) is 0. The molecule has 5 rings (SSSR count). The Bertz CT molecular complexity index is 1620. The van der Waals surface area contributed by atoms with Crippen molar-refractivity contribution in [3.63, 3.8) is 0 Å². The molecule has 0 aromatic heterocycles. The number of non-ortho nitro benzene ring substituents is 1. The fraction of sp³-hybridized carbons (Fsp3) is 0.417. The Morgan fingerprint density at radius 1 is 1.02 bits per heavy atom. The van der Waals surface area contributed by atoms with Gasteiger partial charge >= 0.3 is 6.09 Å². The number of carbonyl (C=O) groups excluding carboxylic acids is 1. The van der Waals surface area contributed by atoms with E-state index in [1.165, 1.54) is 16.4 Å². The summed E-state index contributed by atoms with van der Waals surface area (Å²) < 4.78 is 34.1. The highest BCUT2D eigenvalue weighted by Gasteiger charge is 2.44. The smallest absolute Gasteiger partial charge is 0.410 e. The van der Waals surface area contributed by atoms with Gasteiger partial charge in [0.1, 0.15) is 6.61 Å². The van der Waals surface area contributed by atoms with E-state index < -0.39 is 26.5 Å². The second kappa shape index (κ2) is 14.8. The number of fused-ring (bicyclic) bond motifs is 2. The van der Waals surface area contributed by atoms with E-state index in [9.17, 15) is 23.3 Å². The Morgan fingerprint density at radius 2 is 1.62 bits per heavy atom. The van der Waals surface area contributed by atoms with Gasteiger partial charge in [0.25, 0.3) is 5.69 Å². The van der Waals surface area contributed by atoms with Gasteiger partial charge in [-0.2, -0.15) is 0 Å². The predicted octanol–water partition coefficient (Wildman–Crippen LogP) is 6.38. The minimum Gasteiger partial charge on any atom is -0.445 e. The van der Waals surface area contributed by atoms with Crippen LogP contribution >= 0.6 is 0 Å². The van der Waals surface area contributed by atoms with Crippen LogP contribution in [0.2, 0.25) is 0 Å². The number of hydrogen-bond acceptors (Lipinski definition) is 7. The number of sulfonamides is 1. The van der Waals surface area contributed by atoms with E-state index in [1.54, 1.807) is 54.4 Å². The lowest BCUT2D eigenvalue weighted by Gasteiger charge is -2.44. The van der Waals surface area contributed by atoms with Gasteiger partial charge in [0, 0.05) is 55.8 Å². The standard InChI is InChI=1S/C36H44N4O6S/c1-4-22-39(35(41)46-26-28-15-17-30(18-16-28)40(42)43)33-24-31-19-20-32(25-33)38(31)23-21-36(2,29-11-7-5-8-12-29)27-37(3)47(44,45)34-13-9-6-10-14-34/h4-18,31-33H,1,19-27H2,2-3H3/t31?,32?,33?,36-/m1/s1. The Balaban J connectivity index is 1.24. The van der Waals surface area contributed by atoms with Crippen LogP contribution in [0, 0.1) is 10.1 Å². The molecule has 3 aromatic rings. The molecule has 250 valence electrons. The average Bonchev–Trinajstić information content (AvgIpc) is 3.32. The minimum absolute atomic E-state index is 0.00812. The summed E-state index contributed by atoms with van der Waals surface area (Å²) in [5.41, 5.74) is 1.35. The SMILES string of the molecule is C=CCN(C(=O)OCc1ccc([N+](=O)[O-])cc1)C1CC2CCC(C1)N2CC[C@](C)(CN(C)S(=O)(=O)c1ccccc1)c1ccccc1. The first kappa shape index (κ1) is 34.3. The maximum absolute atomic E-state index is 13.5. The van der Waals surface area contributed by atoms with Gasteiger partial charge < -0.3 is 9.64 Å². The lowest BCUT2D eigenvalue weighted by atomic mass is 9.79. The normalized spacial score (nSPS) is 20.8. The molecule has 0 radical (unpaired) electrons. The van der Waals surface area contributed by atoms with Crippen LogP contribution in [0.25, 0.3) is 0 Å². The van der Waals surface area contributed by atoms with Crippen molar-refractivity contribution < 1.29 is 22.9 Å². The van der Waals surface area contributed by atoms with Gasteiger partial charge in [-0.05, 0) is 74.0 Å².